The predicted octanol–water partition coefficient (Wildman–Crippen LogP) is 0.798. The van der Waals surface area contributed by atoms with Crippen LogP contribution in [0.25, 0.3) is 5.82 Å². The summed E-state index contributed by atoms with van der Waals surface area (Å²) in [4.78, 5) is 27.8. The molecule has 2 N–H and O–H groups in total. The number of pyridine rings is 1. The first-order valence-electron chi connectivity index (χ1n) is 7.65. The van der Waals surface area contributed by atoms with Gasteiger partial charge in [0.2, 0.25) is 0 Å². The third-order valence-electron chi connectivity index (χ3n) is 3.92. The van der Waals surface area contributed by atoms with Crippen molar-refractivity contribution in [2.75, 3.05) is 0 Å². The first kappa shape index (κ1) is 15.2. The fraction of sp³-hybridized carbons (Fsp3) is 0.375. The van der Waals surface area contributed by atoms with Crippen molar-refractivity contribution in [1.29, 1.82) is 0 Å². The fourth-order valence-corrected chi connectivity index (χ4v) is 2.63. The number of hydrogen-bond acceptors (Lipinski definition) is 4. The van der Waals surface area contributed by atoms with Gasteiger partial charge in [-0.1, -0.05) is 6.92 Å². The summed E-state index contributed by atoms with van der Waals surface area (Å²) < 4.78 is 1.63. The van der Waals surface area contributed by atoms with Crippen LogP contribution in [0, 0.1) is 5.92 Å². The summed E-state index contributed by atoms with van der Waals surface area (Å²) in [6.07, 6.45) is 6.99. The van der Waals surface area contributed by atoms with Crippen LogP contribution in [0.2, 0.25) is 0 Å². The van der Waals surface area contributed by atoms with E-state index >= 15 is 0 Å². The van der Waals surface area contributed by atoms with E-state index in [1.807, 2.05) is 12.1 Å². The molecule has 23 heavy (non-hydrogen) atoms. The zero-order valence-corrected chi connectivity index (χ0v) is 12.9. The van der Waals surface area contributed by atoms with Crippen molar-refractivity contribution in [3.05, 3.63) is 42.4 Å². The van der Waals surface area contributed by atoms with Crippen LogP contribution in [0.15, 0.2) is 36.8 Å². The highest BCUT2D eigenvalue weighted by Crippen LogP contribution is 2.25. The molecule has 2 aromatic heterocycles. The van der Waals surface area contributed by atoms with Crippen molar-refractivity contribution in [2.45, 2.75) is 32.4 Å². The Morgan fingerprint density at radius 3 is 2.83 bits per heavy atom. The van der Waals surface area contributed by atoms with Crippen molar-refractivity contribution < 1.29 is 9.59 Å². The molecule has 1 fully saturated rings. The summed E-state index contributed by atoms with van der Waals surface area (Å²) in [5, 5.41) is 9.48. The van der Waals surface area contributed by atoms with E-state index in [0.717, 1.165) is 18.4 Å². The molecule has 0 aliphatic heterocycles. The molecule has 7 heteroatoms. The van der Waals surface area contributed by atoms with Gasteiger partial charge >= 0.3 is 11.8 Å². The molecule has 7 nitrogen and oxygen atoms in total. The van der Waals surface area contributed by atoms with Crippen LogP contribution in [0.1, 0.15) is 25.3 Å². The van der Waals surface area contributed by atoms with Crippen LogP contribution in [0.4, 0.5) is 0 Å². The van der Waals surface area contributed by atoms with Crippen LogP contribution in [0.5, 0.6) is 0 Å². The zero-order valence-electron chi connectivity index (χ0n) is 12.9. The Bertz CT molecular complexity index is 692. The lowest BCUT2D eigenvalue weighted by Crippen LogP contribution is -2.49. The molecule has 0 saturated heterocycles. The number of rotatable bonds is 4. The maximum absolute atomic E-state index is 11.8. The monoisotopic (exact) mass is 313 g/mol. The number of hydrogen-bond donors (Lipinski definition) is 2. The number of carbonyl (C=O) groups excluding carboxylic acids is 2. The normalized spacial score (nSPS) is 19.7. The maximum Gasteiger partial charge on any atom is 0.309 e. The minimum atomic E-state index is -0.609. The van der Waals surface area contributed by atoms with Crippen molar-refractivity contribution in [3.63, 3.8) is 0 Å². The Labute approximate surface area is 134 Å². The third kappa shape index (κ3) is 3.74. The minimum Gasteiger partial charge on any atom is -0.345 e. The Morgan fingerprint density at radius 2 is 2.13 bits per heavy atom. The van der Waals surface area contributed by atoms with E-state index in [4.69, 9.17) is 0 Å². The predicted molar refractivity (Wildman–Crippen MR) is 83.5 cm³/mol. The molecule has 1 saturated carbocycles. The number of aromatic nitrogens is 3. The first-order chi connectivity index (χ1) is 11.1. The van der Waals surface area contributed by atoms with Gasteiger partial charge in [-0.3, -0.25) is 9.59 Å². The molecule has 120 valence electrons. The molecule has 0 bridgehead atoms. The summed E-state index contributed by atoms with van der Waals surface area (Å²) in [7, 11) is 0. The second-order valence-electron chi connectivity index (χ2n) is 5.90. The van der Waals surface area contributed by atoms with E-state index in [1.165, 1.54) is 0 Å². The van der Waals surface area contributed by atoms with Gasteiger partial charge in [0.15, 0.2) is 5.82 Å². The maximum atomic E-state index is 11.8. The molecule has 0 unspecified atom stereocenters. The van der Waals surface area contributed by atoms with Gasteiger partial charge in [0.1, 0.15) is 0 Å². The molecular weight excluding hydrogens is 294 g/mol. The van der Waals surface area contributed by atoms with E-state index in [-0.39, 0.29) is 12.6 Å². The van der Waals surface area contributed by atoms with Crippen molar-refractivity contribution in [2.24, 2.45) is 5.92 Å². The van der Waals surface area contributed by atoms with E-state index in [1.54, 1.807) is 29.3 Å². The Balaban J connectivity index is 1.52. The van der Waals surface area contributed by atoms with Gasteiger partial charge in [0.05, 0.1) is 0 Å². The molecule has 0 aromatic carbocycles. The van der Waals surface area contributed by atoms with Gasteiger partial charge < -0.3 is 10.6 Å². The minimum absolute atomic E-state index is 0.135. The summed E-state index contributed by atoms with van der Waals surface area (Å²) in [6, 6.07) is 5.55. The molecule has 2 amide bonds. The quantitative estimate of drug-likeness (QED) is 0.817. The molecule has 0 spiro atoms. The first-order valence-corrected chi connectivity index (χ1v) is 7.65. The molecular formula is C16H19N5O2. The highest BCUT2D eigenvalue weighted by atomic mass is 16.2. The molecule has 2 heterocycles. The van der Waals surface area contributed by atoms with E-state index in [2.05, 4.69) is 27.6 Å². The van der Waals surface area contributed by atoms with E-state index in [9.17, 15) is 9.59 Å². The lowest BCUT2D eigenvalue weighted by Gasteiger charge is -2.32. The highest BCUT2D eigenvalue weighted by Gasteiger charge is 2.28. The van der Waals surface area contributed by atoms with Crippen LogP contribution < -0.4 is 10.6 Å². The third-order valence-corrected chi connectivity index (χ3v) is 3.92. The Morgan fingerprint density at radius 1 is 1.30 bits per heavy atom. The topological polar surface area (TPSA) is 88.9 Å². The largest absolute Gasteiger partial charge is 0.345 e. The fourth-order valence-electron chi connectivity index (χ4n) is 2.63. The molecule has 1 aliphatic rings. The van der Waals surface area contributed by atoms with Crippen LogP contribution in [0.3, 0.4) is 0 Å². The summed E-state index contributed by atoms with van der Waals surface area (Å²) in [5.41, 5.74) is 0.851. The molecule has 1 aliphatic carbocycles. The van der Waals surface area contributed by atoms with Gasteiger partial charge in [-0.25, -0.2) is 9.67 Å². The highest BCUT2D eigenvalue weighted by molar-refractivity contribution is 6.35. The van der Waals surface area contributed by atoms with Crippen molar-refractivity contribution in [3.8, 4) is 5.82 Å². The van der Waals surface area contributed by atoms with Crippen LogP contribution in [-0.4, -0.2) is 32.6 Å². The summed E-state index contributed by atoms with van der Waals surface area (Å²) in [5.74, 6) is 0.112. The van der Waals surface area contributed by atoms with E-state index < -0.39 is 11.8 Å². The van der Waals surface area contributed by atoms with Gasteiger partial charge in [-0.15, -0.1) is 0 Å². The zero-order chi connectivity index (χ0) is 16.2. The standard InChI is InChI=1S/C16H19N5O2/c1-11-7-13(8-11)20-16(23)15(22)18-10-12-3-5-17-14(9-12)21-6-2-4-19-21/h2-6,9,11,13H,7-8,10H2,1H3,(H,18,22)(H,20,23). The lowest BCUT2D eigenvalue weighted by molar-refractivity contribution is -0.140. The molecule has 0 radical (unpaired) electrons. The number of carbonyl (C=O) groups is 2. The van der Waals surface area contributed by atoms with Crippen molar-refractivity contribution >= 4 is 11.8 Å². The average Bonchev–Trinajstić information content (AvgIpc) is 3.05. The number of nitrogens with zero attached hydrogens (tertiary/aromatic N) is 3. The summed E-state index contributed by atoms with van der Waals surface area (Å²) in [6.45, 7) is 2.40. The second kappa shape index (κ2) is 6.60. The SMILES string of the molecule is CC1CC(NC(=O)C(=O)NCc2ccnc(-n3cccn3)c2)C1. The van der Waals surface area contributed by atoms with Gasteiger partial charge in [0, 0.05) is 31.2 Å². The van der Waals surface area contributed by atoms with Crippen LogP contribution >= 0.6 is 0 Å². The lowest BCUT2D eigenvalue weighted by atomic mass is 9.82. The average molecular weight is 313 g/mol. The second-order valence-corrected chi connectivity index (χ2v) is 5.90. The molecule has 3 rings (SSSR count). The molecule has 0 atom stereocenters. The van der Waals surface area contributed by atoms with Crippen molar-refractivity contribution in [1.82, 2.24) is 25.4 Å². The van der Waals surface area contributed by atoms with E-state index in [0.29, 0.717) is 11.7 Å². The number of amides is 2. The van der Waals surface area contributed by atoms with Gasteiger partial charge in [0.25, 0.3) is 0 Å². The van der Waals surface area contributed by atoms with Crippen LogP contribution in [-0.2, 0) is 16.1 Å². The number of nitrogens with one attached hydrogen (secondary N) is 2. The van der Waals surface area contributed by atoms with Gasteiger partial charge in [-0.05, 0) is 42.5 Å². The smallest absolute Gasteiger partial charge is 0.309 e. The summed E-state index contributed by atoms with van der Waals surface area (Å²) >= 11 is 0. The Kier molecular flexibility index (Phi) is 4.36. The molecule has 2 aromatic rings. The van der Waals surface area contributed by atoms with Gasteiger partial charge in [-0.2, -0.15) is 5.10 Å². The Hall–Kier alpha value is -2.70.